The van der Waals surface area contributed by atoms with Crippen LogP contribution in [0.5, 0.6) is 0 Å². The number of anilines is 1. The van der Waals surface area contributed by atoms with E-state index in [1.54, 1.807) is 12.5 Å². The molecular weight excluding hydrogens is 252 g/mol. The van der Waals surface area contributed by atoms with Gasteiger partial charge in [-0.3, -0.25) is 4.79 Å². The van der Waals surface area contributed by atoms with Crippen molar-refractivity contribution in [3.63, 3.8) is 0 Å². The highest BCUT2D eigenvalue weighted by atomic mass is 16.2. The van der Waals surface area contributed by atoms with Crippen LogP contribution in [-0.4, -0.2) is 21.5 Å². The van der Waals surface area contributed by atoms with E-state index in [1.165, 1.54) is 0 Å². The molecule has 0 bridgehead atoms. The molecule has 3 N–H and O–H groups in total. The summed E-state index contributed by atoms with van der Waals surface area (Å²) in [5.41, 5.74) is 7.33. The van der Waals surface area contributed by atoms with Gasteiger partial charge in [0.2, 0.25) is 5.91 Å². The average Bonchev–Trinajstić information content (AvgIpc) is 2.91. The molecule has 1 heterocycles. The number of hydrogen-bond acceptors (Lipinski definition) is 3. The maximum absolute atomic E-state index is 12.1. The second kappa shape index (κ2) is 5.46. The minimum atomic E-state index is -0.556. The van der Waals surface area contributed by atoms with Crippen LogP contribution in [-0.2, 0) is 4.79 Å². The van der Waals surface area contributed by atoms with Crippen molar-refractivity contribution in [3.8, 4) is 5.69 Å². The fourth-order valence-electron chi connectivity index (χ4n) is 1.77. The molecule has 1 aromatic carbocycles. The van der Waals surface area contributed by atoms with E-state index in [0.717, 1.165) is 11.4 Å². The normalized spacial score (nSPS) is 13.0. The minimum Gasteiger partial charge on any atom is -0.325 e. The van der Waals surface area contributed by atoms with Gasteiger partial charge < -0.3 is 15.6 Å². The zero-order valence-electron chi connectivity index (χ0n) is 12.0. The largest absolute Gasteiger partial charge is 0.325 e. The van der Waals surface area contributed by atoms with Gasteiger partial charge in [0.15, 0.2) is 0 Å². The smallest absolute Gasteiger partial charge is 0.241 e. The lowest BCUT2D eigenvalue weighted by Gasteiger charge is -2.25. The molecular formula is C15H20N4O. The molecule has 0 aliphatic carbocycles. The Morgan fingerprint density at radius 2 is 2.15 bits per heavy atom. The van der Waals surface area contributed by atoms with Gasteiger partial charge in [-0.15, -0.1) is 0 Å². The number of benzene rings is 1. The van der Waals surface area contributed by atoms with E-state index in [9.17, 15) is 4.79 Å². The van der Waals surface area contributed by atoms with Crippen molar-refractivity contribution in [1.82, 2.24) is 9.55 Å². The van der Waals surface area contributed by atoms with Gasteiger partial charge in [-0.2, -0.15) is 0 Å². The van der Waals surface area contributed by atoms with E-state index in [4.69, 9.17) is 5.73 Å². The Morgan fingerprint density at radius 3 is 2.75 bits per heavy atom. The maximum atomic E-state index is 12.1. The quantitative estimate of drug-likeness (QED) is 0.899. The highest BCUT2D eigenvalue weighted by Gasteiger charge is 2.27. The van der Waals surface area contributed by atoms with E-state index in [-0.39, 0.29) is 11.3 Å². The van der Waals surface area contributed by atoms with Crippen molar-refractivity contribution in [2.45, 2.75) is 26.8 Å². The summed E-state index contributed by atoms with van der Waals surface area (Å²) < 4.78 is 1.87. The molecule has 0 unspecified atom stereocenters. The van der Waals surface area contributed by atoms with Gasteiger partial charge in [0.1, 0.15) is 0 Å². The molecule has 2 rings (SSSR count). The Kier molecular flexibility index (Phi) is 3.90. The number of hydrogen-bond donors (Lipinski definition) is 2. The molecule has 0 saturated heterocycles. The molecule has 1 atom stereocenters. The predicted octanol–water partition coefficient (Wildman–Crippen LogP) is 2.18. The summed E-state index contributed by atoms with van der Waals surface area (Å²) in [5, 5.41) is 2.85. The van der Waals surface area contributed by atoms with Crippen molar-refractivity contribution in [3.05, 3.63) is 43.0 Å². The summed E-state index contributed by atoms with van der Waals surface area (Å²) in [6.07, 6.45) is 5.27. The van der Waals surface area contributed by atoms with Crippen LogP contribution in [0.3, 0.4) is 0 Å². The molecule has 0 saturated carbocycles. The fraction of sp³-hybridized carbons (Fsp3) is 0.333. The van der Waals surface area contributed by atoms with Crippen LogP contribution in [0.4, 0.5) is 5.69 Å². The summed E-state index contributed by atoms with van der Waals surface area (Å²) in [5.74, 6) is -0.180. The first-order valence-corrected chi connectivity index (χ1v) is 6.53. The number of carbonyl (C=O) groups excluding carboxylic acids is 1. The summed E-state index contributed by atoms with van der Waals surface area (Å²) in [7, 11) is 0. The minimum absolute atomic E-state index is 0.180. The van der Waals surface area contributed by atoms with Gasteiger partial charge in [0, 0.05) is 23.8 Å². The van der Waals surface area contributed by atoms with Crippen LogP contribution in [0, 0.1) is 5.41 Å². The van der Waals surface area contributed by atoms with E-state index in [1.807, 2.05) is 55.8 Å². The lowest BCUT2D eigenvalue weighted by atomic mass is 9.87. The number of carbonyl (C=O) groups is 1. The van der Waals surface area contributed by atoms with Crippen molar-refractivity contribution in [1.29, 1.82) is 0 Å². The van der Waals surface area contributed by atoms with Crippen LogP contribution in [0.2, 0.25) is 0 Å². The Morgan fingerprint density at radius 1 is 1.40 bits per heavy atom. The van der Waals surface area contributed by atoms with E-state index in [2.05, 4.69) is 10.3 Å². The molecule has 20 heavy (non-hydrogen) atoms. The van der Waals surface area contributed by atoms with Crippen molar-refractivity contribution in [2.24, 2.45) is 11.1 Å². The highest BCUT2D eigenvalue weighted by molar-refractivity contribution is 5.95. The molecule has 106 valence electrons. The average molecular weight is 272 g/mol. The SMILES string of the molecule is CC(C)(C)[C@H](N)C(=O)Nc1cccc(-n2ccnc2)c1. The first-order valence-electron chi connectivity index (χ1n) is 6.53. The van der Waals surface area contributed by atoms with Crippen LogP contribution >= 0.6 is 0 Å². The predicted molar refractivity (Wildman–Crippen MR) is 79.6 cm³/mol. The lowest BCUT2D eigenvalue weighted by molar-refractivity contribution is -0.119. The van der Waals surface area contributed by atoms with E-state index >= 15 is 0 Å². The second-order valence-corrected chi connectivity index (χ2v) is 5.85. The molecule has 5 heteroatoms. The van der Waals surface area contributed by atoms with Gasteiger partial charge in [0.25, 0.3) is 0 Å². The first kappa shape index (κ1) is 14.3. The molecule has 2 aromatic rings. The maximum Gasteiger partial charge on any atom is 0.241 e. The number of nitrogens with two attached hydrogens (primary N) is 1. The monoisotopic (exact) mass is 272 g/mol. The Hall–Kier alpha value is -2.14. The van der Waals surface area contributed by atoms with Gasteiger partial charge in [-0.1, -0.05) is 26.8 Å². The Bertz CT molecular complexity index is 584. The zero-order chi connectivity index (χ0) is 14.8. The molecule has 0 radical (unpaired) electrons. The first-order chi connectivity index (χ1) is 9.38. The van der Waals surface area contributed by atoms with Gasteiger partial charge in [-0.25, -0.2) is 4.98 Å². The lowest BCUT2D eigenvalue weighted by Crippen LogP contribution is -2.45. The third-order valence-corrected chi connectivity index (χ3v) is 3.13. The van der Waals surface area contributed by atoms with Gasteiger partial charge >= 0.3 is 0 Å². The Balaban J connectivity index is 2.15. The Labute approximate surface area is 118 Å². The number of amides is 1. The fourth-order valence-corrected chi connectivity index (χ4v) is 1.77. The molecule has 0 fully saturated rings. The zero-order valence-corrected chi connectivity index (χ0v) is 12.0. The molecule has 0 aliphatic heterocycles. The summed E-state index contributed by atoms with van der Waals surface area (Å²) in [6, 6.07) is 7.00. The highest BCUT2D eigenvalue weighted by Crippen LogP contribution is 2.20. The van der Waals surface area contributed by atoms with Crippen molar-refractivity contribution >= 4 is 11.6 Å². The summed E-state index contributed by atoms with van der Waals surface area (Å²) in [4.78, 5) is 16.1. The van der Waals surface area contributed by atoms with E-state index in [0.29, 0.717) is 0 Å². The molecule has 1 aromatic heterocycles. The molecule has 5 nitrogen and oxygen atoms in total. The third kappa shape index (κ3) is 3.24. The van der Waals surface area contributed by atoms with Crippen LogP contribution in [0.1, 0.15) is 20.8 Å². The second-order valence-electron chi connectivity index (χ2n) is 5.85. The standard InChI is InChI=1S/C15H20N4O/c1-15(2,3)13(16)14(20)18-11-5-4-6-12(9-11)19-8-7-17-10-19/h4-10,13H,16H2,1-3H3,(H,18,20)/t13-/m1/s1. The molecule has 0 aliphatic rings. The molecule has 1 amide bonds. The number of aromatic nitrogens is 2. The number of imidazole rings is 1. The van der Waals surface area contributed by atoms with Gasteiger partial charge in [0.05, 0.1) is 12.4 Å². The number of nitrogens with one attached hydrogen (secondary N) is 1. The van der Waals surface area contributed by atoms with Crippen LogP contribution in [0.25, 0.3) is 5.69 Å². The summed E-state index contributed by atoms with van der Waals surface area (Å²) >= 11 is 0. The molecule has 0 spiro atoms. The number of nitrogens with zero attached hydrogens (tertiary/aromatic N) is 2. The topological polar surface area (TPSA) is 72.9 Å². The van der Waals surface area contributed by atoms with Gasteiger partial charge in [-0.05, 0) is 23.6 Å². The summed E-state index contributed by atoms with van der Waals surface area (Å²) in [6.45, 7) is 5.83. The van der Waals surface area contributed by atoms with Crippen molar-refractivity contribution in [2.75, 3.05) is 5.32 Å². The van der Waals surface area contributed by atoms with Crippen LogP contribution < -0.4 is 11.1 Å². The third-order valence-electron chi connectivity index (χ3n) is 3.13. The van der Waals surface area contributed by atoms with Crippen molar-refractivity contribution < 1.29 is 4.79 Å². The van der Waals surface area contributed by atoms with Crippen LogP contribution in [0.15, 0.2) is 43.0 Å². The number of rotatable bonds is 3. The van der Waals surface area contributed by atoms with E-state index < -0.39 is 6.04 Å².